The Labute approximate surface area is 77.4 Å². The first-order valence-corrected chi connectivity index (χ1v) is 4.35. The Hall–Kier alpha value is -0.870. The highest BCUT2D eigenvalue weighted by molar-refractivity contribution is 5.86. The quantitative estimate of drug-likeness (QED) is 0.381. The van der Waals surface area contributed by atoms with E-state index in [1.54, 1.807) is 6.92 Å². The summed E-state index contributed by atoms with van der Waals surface area (Å²) in [6, 6.07) is 0. The number of rotatable bonds is 3. The van der Waals surface area contributed by atoms with E-state index in [0.29, 0.717) is 12.2 Å². The maximum Gasteiger partial charge on any atom is 0.368 e. The van der Waals surface area contributed by atoms with E-state index >= 15 is 0 Å². The standard InChI is InChI=1S/C9H14O4/c1-7(2)9(10)13-12-8-5-3-4-6-11-8/h8H,1,3-6H2,2H3. The molecule has 0 aromatic heterocycles. The van der Waals surface area contributed by atoms with Gasteiger partial charge in [0, 0.05) is 18.6 Å². The van der Waals surface area contributed by atoms with Crippen LogP contribution in [-0.4, -0.2) is 18.9 Å². The van der Waals surface area contributed by atoms with E-state index in [0.717, 1.165) is 19.3 Å². The molecule has 74 valence electrons. The third kappa shape index (κ3) is 3.57. The van der Waals surface area contributed by atoms with Crippen molar-refractivity contribution in [2.24, 2.45) is 0 Å². The second-order valence-electron chi connectivity index (χ2n) is 3.04. The van der Waals surface area contributed by atoms with Crippen molar-refractivity contribution in [3.05, 3.63) is 12.2 Å². The van der Waals surface area contributed by atoms with Crippen LogP contribution in [0, 0.1) is 0 Å². The average molecular weight is 186 g/mol. The molecular formula is C9H14O4. The first kappa shape index (κ1) is 10.2. The fourth-order valence-electron chi connectivity index (χ4n) is 0.956. The Morgan fingerprint density at radius 2 is 2.31 bits per heavy atom. The highest BCUT2D eigenvalue weighted by atomic mass is 17.2. The Bertz CT molecular complexity index is 194. The summed E-state index contributed by atoms with van der Waals surface area (Å²) in [5, 5.41) is 0. The second kappa shape index (κ2) is 4.99. The molecule has 1 aliphatic heterocycles. The topological polar surface area (TPSA) is 44.8 Å². The van der Waals surface area contributed by atoms with Crippen LogP contribution in [0.5, 0.6) is 0 Å². The molecule has 0 N–H and O–H groups in total. The molecule has 0 spiro atoms. The predicted octanol–water partition coefficient (Wildman–Crippen LogP) is 1.56. The molecule has 1 aliphatic rings. The lowest BCUT2D eigenvalue weighted by molar-refractivity contribution is -0.356. The Kier molecular flexibility index (Phi) is 3.92. The molecule has 0 aromatic rings. The maximum absolute atomic E-state index is 10.9. The molecule has 0 aromatic carbocycles. The van der Waals surface area contributed by atoms with Gasteiger partial charge in [0.1, 0.15) is 0 Å². The van der Waals surface area contributed by atoms with Crippen molar-refractivity contribution in [2.75, 3.05) is 6.61 Å². The molecule has 1 unspecified atom stereocenters. The Balaban J connectivity index is 2.17. The third-order valence-electron chi connectivity index (χ3n) is 1.72. The molecule has 1 rings (SSSR count). The smallest absolute Gasteiger partial charge is 0.349 e. The summed E-state index contributed by atoms with van der Waals surface area (Å²) in [5.41, 5.74) is 0.316. The molecular weight excluding hydrogens is 172 g/mol. The van der Waals surface area contributed by atoms with Crippen LogP contribution in [-0.2, 0) is 19.3 Å². The number of hydrogen-bond donors (Lipinski definition) is 0. The summed E-state index contributed by atoms with van der Waals surface area (Å²) in [7, 11) is 0. The van der Waals surface area contributed by atoms with Gasteiger partial charge in [0.2, 0.25) is 6.29 Å². The second-order valence-corrected chi connectivity index (χ2v) is 3.04. The monoisotopic (exact) mass is 186 g/mol. The van der Waals surface area contributed by atoms with Gasteiger partial charge in [-0.25, -0.2) is 4.79 Å². The molecule has 1 atom stereocenters. The van der Waals surface area contributed by atoms with Gasteiger partial charge >= 0.3 is 5.97 Å². The van der Waals surface area contributed by atoms with Crippen LogP contribution in [0.15, 0.2) is 12.2 Å². The largest absolute Gasteiger partial charge is 0.368 e. The van der Waals surface area contributed by atoms with Gasteiger partial charge in [0.05, 0.1) is 0 Å². The van der Waals surface area contributed by atoms with Crippen LogP contribution in [0.2, 0.25) is 0 Å². The normalized spacial score (nSPS) is 22.4. The van der Waals surface area contributed by atoms with E-state index in [1.165, 1.54) is 0 Å². The minimum Gasteiger partial charge on any atom is -0.349 e. The Morgan fingerprint density at radius 1 is 1.54 bits per heavy atom. The molecule has 0 amide bonds. The number of ether oxygens (including phenoxy) is 1. The average Bonchev–Trinajstić information content (AvgIpc) is 2.15. The van der Waals surface area contributed by atoms with E-state index in [2.05, 4.69) is 11.5 Å². The minimum atomic E-state index is -0.547. The zero-order valence-electron chi connectivity index (χ0n) is 7.75. The summed E-state index contributed by atoms with van der Waals surface area (Å²) < 4.78 is 5.18. The molecule has 1 fully saturated rings. The van der Waals surface area contributed by atoms with E-state index < -0.39 is 12.3 Å². The first-order valence-electron chi connectivity index (χ1n) is 4.35. The molecule has 1 heterocycles. The van der Waals surface area contributed by atoms with Crippen molar-refractivity contribution in [1.29, 1.82) is 0 Å². The van der Waals surface area contributed by atoms with E-state index in [4.69, 9.17) is 9.62 Å². The fraction of sp³-hybridized carbons (Fsp3) is 0.667. The number of carbonyl (C=O) groups is 1. The maximum atomic E-state index is 10.9. The van der Waals surface area contributed by atoms with Crippen LogP contribution >= 0.6 is 0 Å². The van der Waals surface area contributed by atoms with Crippen LogP contribution in [0.4, 0.5) is 0 Å². The third-order valence-corrected chi connectivity index (χ3v) is 1.72. The summed E-state index contributed by atoms with van der Waals surface area (Å²) >= 11 is 0. The van der Waals surface area contributed by atoms with Gasteiger partial charge in [0.15, 0.2) is 0 Å². The van der Waals surface area contributed by atoms with Gasteiger partial charge < -0.3 is 4.74 Å². The van der Waals surface area contributed by atoms with Crippen LogP contribution in [0.25, 0.3) is 0 Å². The van der Waals surface area contributed by atoms with E-state index in [-0.39, 0.29) is 0 Å². The van der Waals surface area contributed by atoms with Crippen molar-refractivity contribution >= 4 is 5.97 Å². The summed E-state index contributed by atoms with van der Waals surface area (Å²) in [6.07, 6.45) is 2.43. The van der Waals surface area contributed by atoms with Gasteiger partial charge in [-0.1, -0.05) is 6.58 Å². The molecule has 0 saturated carbocycles. The molecule has 4 heteroatoms. The van der Waals surface area contributed by atoms with Gasteiger partial charge in [-0.3, -0.25) is 4.89 Å². The van der Waals surface area contributed by atoms with E-state index in [1.807, 2.05) is 0 Å². The van der Waals surface area contributed by atoms with E-state index in [9.17, 15) is 4.79 Å². The zero-order valence-corrected chi connectivity index (χ0v) is 7.75. The predicted molar refractivity (Wildman–Crippen MR) is 45.6 cm³/mol. The van der Waals surface area contributed by atoms with Gasteiger partial charge in [0.25, 0.3) is 0 Å². The van der Waals surface area contributed by atoms with Crippen molar-refractivity contribution in [1.82, 2.24) is 0 Å². The molecule has 0 radical (unpaired) electrons. The number of carbonyl (C=O) groups excluding carboxylic acids is 1. The minimum absolute atomic E-state index is 0.316. The van der Waals surface area contributed by atoms with Crippen LogP contribution in [0.3, 0.4) is 0 Å². The lowest BCUT2D eigenvalue weighted by atomic mass is 10.2. The zero-order chi connectivity index (χ0) is 9.68. The molecule has 1 saturated heterocycles. The van der Waals surface area contributed by atoms with Crippen molar-refractivity contribution in [3.63, 3.8) is 0 Å². The van der Waals surface area contributed by atoms with Gasteiger partial charge in [-0.05, 0) is 19.8 Å². The lowest BCUT2D eigenvalue weighted by Gasteiger charge is -2.20. The number of hydrogen-bond acceptors (Lipinski definition) is 4. The van der Waals surface area contributed by atoms with Gasteiger partial charge in [-0.2, -0.15) is 4.89 Å². The summed E-state index contributed by atoms with van der Waals surface area (Å²) in [4.78, 5) is 20.1. The van der Waals surface area contributed by atoms with Gasteiger partial charge in [-0.15, -0.1) is 0 Å². The summed E-state index contributed by atoms with van der Waals surface area (Å²) in [5.74, 6) is -0.547. The van der Waals surface area contributed by atoms with Crippen molar-refractivity contribution in [2.45, 2.75) is 32.5 Å². The van der Waals surface area contributed by atoms with Crippen molar-refractivity contribution < 1.29 is 19.3 Å². The highest BCUT2D eigenvalue weighted by Crippen LogP contribution is 2.14. The van der Waals surface area contributed by atoms with Crippen LogP contribution in [0.1, 0.15) is 26.2 Å². The first-order chi connectivity index (χ1) is 6.20. The molecule has 13 heavy (non-hydrogen) atoms. The molecule has 0 aliphatic carbocycles. The molecule has 4 nitrogen and oxygen atoms in total. The summed E-state index contributed by atoms with van der Waals surface area (Å²) in [6.45, 7) is 5.65. The molecule has 0 bridgehead atoms. The highest BCUT2D eigenvalue weighted by Gasteiger charge is 2.17. The van der Waals surface area contributed by atoms with Crippen molar-refractivity contribution in [3.8, 4) is 0 Å². The van der Waals surface area contributed by atoms with Crippen LogP contribution < -0.4 is 0 Å². The fourth-order valence-corrected chi connectivity index (χ4v) is 0.956. The Morgan fingerprint density at radius 3 is 2.85 bits per heavy atom. The SMILES string of the molecule is C=C(C)C(=O)OOC1CCCCO1. The lowest BCUT2D eigenvalue weighted by Crippen LogP contribution is -2.24.